The summed E-state index contributed by atoms with van der Waals surface area (Å²) in [7, 11) is 2.80. The van der Waals surface area contributed by atoms with E-state index in [0.717, 1.165) is 4.57 Å². The number of amides is 1. The van der Waals surface area contributed by atoms with E-state index in [2.05, 4.69) is 10.3 Å². The second-order valence-electron chi connectivity index (χ2n) is 5.74. The molecule has 1 heterocycles. The molecule has 0 unspecified atom stereocenters. The first-order valence-corrected chi connectivity index (χ1v) is 8.36. The summed E-state index contributed by atoms with van der Waals surface area (Å²) in [4.78, 5) is 16.1. The van der Waals surface area contributed by atoms with Crippen LogP contribution in [0.3, 0.4) is 0 Å². The van der Waals surface area contributed by atoms with Crippen molar-refractivity contribution in [3.8, 4) is 11.5 Å². The highest BCUT2D eigenvalue weighted by atomic mass is 35.5. The van der Waals surface area contributed by atoms with Crippen LogP contribution in [0, 0.1) is 0 Å². The topological polar surface area (TPSA) is 65.4 Å². The standard InChI is InChI=1S/C18H15ClF3N3O3/c1-27-14-8-15(28-2)12(7-10(14)19)23-16(26)9-25-13-6-4-3-5-11(13)24-17(25)18(20,21)22/h3-8H,9H2,1-2H3,(H,23,26). The van der Waals surface area contributed by atoms with E-state index < -0.39 is 24.5 Å². The van der Waals surface area contributed by atoms with Crippen molar-refractivity contribution in [2.45, 2.75) is 12.7 Å². The second kappa shape index (κ2) is 7.59. The zero-order valence-corrected chi connectivity index (χ0v) is 15.6. The fourth-order valence-electron chi connectivity index (χ4n) is 2.74. The summed E-state index contributed by atoms with van der Waals surface area (Å²) >= 11 is 6.05. The Balaban J connectivity index is 1.93. The number of halogens is 4. The molecule has 0 aliphatic carbocycles. The van der Waals surface area contributed by atoms with Crippen LogP contribution in [0.1, 0.15) is 5.82 Å². The molecule has 0 saturated heterocycles. The molecular weight excluding hydrogens is 399 g/mol. The van der Waals surface area contributed by atoms with Crippen LogP contribution < -0.4 is 14.8 Å². The number of ether oxygens (including phenoxy) is 2. The van der Waals surface area contributed by atoms with Gasteiger partial charge in [-0.05, 0) is 18.2 Å². The molecule has 0 spiro atoms. The molecule has 0 radical (unpaired) electrons. The highest BCUT2D eigenvalue weighted by Crippen LogP contribution is 2.36. The van der Waals surface area contributed by atoms with Gasteiger partial charge in [0, 0.05) is 6.07 Å². The minimum atomic E-state index is -4.71. The lowest BCUT2D eigenvalue weighted by molar-refractivity contribution is -0.147. The van der Waals surface area contributed by atoms with E-state index >= 15 is 0 Å². The minimum absolute atomic E-state index is 0.146. The van der Waals surface area contributed by atoms with Gasteiger partial charge in [0.2, 0.25) is 11.7 Å². The lowest BCUT2D eigenvalue weighted by Crippen LogP contribution is -2.23. The van der Waals surface area contributed by atoms with Gasteiger partial charge in [0.15, 0.2) is 0 Å². The molecule has 2 aromatic carbocycles. The van der Waals surface area contributed by atoms with Crippen LogP contribution in [0.4, 0.5) is 18.9 Å². The first-order valence-electron chi connectivity index (χ1n) is 7.98. The van der Waals surface area contributed by atoms with Crippen molar-refractivity contribution in [3.63, 3.8) is 0 Å². The van der Waals surface area contributed by atoms with Gasteiger partial charge in [0.1, 0.15) is 18.0 Å². The number of para-hydroxylation sites is 2. The van der Waals surface area contributed by atoms with Gasteiger partial charge in [-0.15, -0.1) is 0 Å². The third kappa shape index (κ3) is 3.84. The maximum Gasteiger partial charge on any atom is 0.449 e. The van der Waals surface area contributed by atoms with E-state index in [1.807, 2.05) is 0 Å². The molecule has 3 aromatic rings. The maximum absolute atomic E-state index is 13.4. The molecule has 0 bridgehead atoms. The third-order valence-corrected chi connectivity index (χ3v) is 4.25. The lowest BCUT2D eigenvalue weighted by atomic mass is 10.2. The van der Waals surface area contributed by atoms with Crippen LogP contribution in [0.5, 0.6) is 11.5 Å². The van der Waals surface area contributed by atoms with Gasteiger partial charge in [0.05, 0.1) is 36.0 Å². The van der Waals surface area contributed by atoms with Crippen LogP contribution >= 0.6 is 11.6 Å². The SMILES string of the molecule is COc1cc(OC)c(NC(=O)Cn2c(C(F)(F)F)nc3ccccc32)cc1Cl. The van der Waals surface area contributed by atoms with Crippen LogP contribution in [0.25, 0.3) is 11.0 Å². The Morgan fingerprint density at radius 1 is 1.18 bits per heavy atom. The van der Waals surface area contributed by atoms with Crippen molar-refractivity contribution in [3.05, 3.63) is 47.2 Å². The number of benzene rings is 2. The first-order chi connectivity index (χ1) is 13.2. The quantitative estimate of drug-likeness (QED) is 0.674. The molecule has 1 N–H and O–H groups in total. The van der Waals surface area contributed by atoms with Gasteiger partial charge in [-0.1, -0.05) is 23.7 Å². The Hall–Kier alpha value is -2.94. The molecule has 0 fully saturated rings. The fraction of sp³-hybridized carbons (Fsp3) is 0.222. The van der Waals surface area contributed by atoms with E-state index in [4.69, 9.17) is 21.1 Å². The van der Waals surface area contributed by atoms with Crippen molar-refractivity contribution in [1.29, 1.82) is 0 Å². The van der Waals surface area contributed by atoms with E-state index in [-0.39, 0.29) is 27.5 Å². The smallest absolute Gasteiger partial charge is 0.449 e. The number of nitrogens with zero attached hydrogens (tertiary/aromatic N) is 2. The molecule has 1 aromatic heterocycles. The molecule has 0 aliphatic rings. The van der Waals surface area contributed by atoms with Crippen molar-refractivity contribution in [1.82, 2.24) is 9.55 Å². The van der Waals surface area contributed by atoms with Crippen LogP contribution in [-0.2, 0) is 17.5 Å². The number of carbonyl (C=O) groups excluding carboxylic acids is 1. The molecule has 10 heteroatoms. The molecule has 0 aliphatic heterocycles. The first kappa shape index (κ1) is 19.8. The van der Waals surface area contributed by atoms with Crippen LogP contribution in [0.15, 0.2) is 36.4 Å². The number of fused-ring (bicyclic) bond motifs is 1. The number of nitrogens with one attached hydrogen (secondary N) is 1. The monoisotopic (exact) mass is 413 g/mol. The highest BCUT2D eigenvalue weighted by molar-refractivity contribution is 6.32. The number of alkyl halides is 3. The fourth-order valence-corrected chi connectivity index (χ4v) is 2.98. The third-order valence-electron chi connectivity index (χ3n) is 3.96. The Kier molecular flexibility index (Phi) is 5.37. The minimum Gasteiger partial charge on any atom is -0.495 e. The molecule has 6 nitrogen and oxygen atoms in total. The number of imidazole rings is 1. The molecule has 3 rings (SSSR count). The molecule has 1 amide bonds. The van der Waals surface area contributed by atoms with Gasteiger partial charge in [0.25, 0.3) is 0 Å². The van der Waals surface area contributed by atoms with Crippen molar-refractivity contribution in [2.24, 2.45) is 0 Å². The van der Waals surface area contributed by atoms with Crippen molar-refractivity contribution in [2.75, 3.05) is 19.5 Å². The summed E-state index contributed by atoms with van der Waals surface area (Å²) in [6, 6.07) is 8.93. The van der Waals surface area contributed by atoms with Gasteiger partial charge in [-0.25, -0.2) is 4.98 Å². The van der Waals surface area contributed by atoms with Gasteiger partial charge in [-0.3, -0.25) is 4.79 Å². The zero-order chi connectivity index (χ0) is 20.5. The number of rotatable bonds is 5. The molecule has 148 valence electrons. The number of anilines is 1. The number of methoxy groups -OCH3 is 2. The summed E-state index contributed by atoms with van der Waals surface area (Å²) in [6.45, 7) is -0.595. The average molecular weight is 414 g/mol. The average Bonchev–Trinajstić information content (AvgIpc) is 3.01. The van der Waals surface area contributed by atoms with Crippen molar-refractivity contribution < 1.29 is 27.4 Å². The summed E-state index contributed by atoms with van der Waals surface area (Å²) in [5.41, 5.74) is 0.550. The lowest BCUT2D eigenvalue weighted by Gasteiger charge is -2.15. The molecular formula is C18H15ClF3N3O3. The van der Waals surface area contributed by atoms with E-state index in [9.17, 15) is 18.0 Å². The Morgan fingerprint density at radius 2 is 1.86 bits per heavy atom. The number of hydrogen-bond acceptors (Lipinski definition) is 4. The number of hydrogen-bond donors (Lipinski definition) is 1. The summed E-state index contributed by atoms with van der Waals surface area (Å²) in [6.07, 6.45) is -4.71. The van der Waals surface area contributed by atoms with Crippen molar-refractivity contribution >= 4 is 34.2 Å². The van der Waals surface area contributed by atoms with E-state index in [0.29, 0.717) is 5.75 Å². The normalized spacial score (nSPS) is 11.5. The largest absolute Gasteiger partial charge is 0.495 e. The van der Waals surface area contributed by atoms with E-state index in [1.54, 1.807) is 12.1 Å². The predicted octanol–water partition coefficient (Wildman–Crippen LogP) is 4.36. The van der Waals surface area contributed by atoms with Gasteiger partial charge < -0.3 is 19.4 Å². The second-order valence-corrected chi connectivity index (χ2v) is 6.15. The predicted molar refractivity (Wildman–Crippen MR) is 97.9 cm³/mol. The van der Waals surface area contributed by atoms with E-state index in [1.165, 1.54) is 38.5 Å². The maximum atomic E-state index is 13.4. The van der Waals surface area contributed by atoms with Crippen LogP contribution in [-0.4, -0.2) is 29.7 Å². The number of carbonyl (C=O) groups is 1. The Labute approximate surface area is 162 Å². The summed E-state index contributed by atoms with van der Waals surface area (Å²) < 4.78 is 51.1. The zero-order valence-electron chi connectivity index (χ0n) is 14.8. The molecule has 0 atom stereocenters. The number of aromatic nitrogens is 2. The van der Waals surface area contributed by atoms with Crippen LogP contribution in [0.2, 0.25) is 5.02 Å². The molecule has 28 heavy (non-hydrogen) atoms. The Morgan fingerprint density at radius 3 is 2.50 bits per heavy atom. The highest BCUT2D eigenvalue weighted by Gasteiger charge is 2.38. The van der Waals surface area contributed by atoms with Gasteiger partial charge in [-0.2, -0.15) is 13.2 Å². The summed E-state index contributed by atoms with van der Waals surface area (Å²) in [5, 5.41) is 2.73. The van der Waals surface area contributed by atoms with Gasteiger partial charge >= 0.3 is 6.18 Å². The Bertz CT molecular complexity index is 1030. The summed E-state index contributed by atoms with van der Waals surface area (Å²) in [5.74, 6) is -1.27. The molecule has 0 saturated carbocycles.